The van der Waals surface area contributed by atoms with Crippen LogP contribution in [0.1, 0.15) is 43.2 Å². The minimum absolute atomic E-state index is 0.0269. The van der Waals surface area contributed by atoms with E-state index in [0.29, 0.717) is 34.2 Å². The highest BCUT2D eigenvalue weighted by atomic mass is 35.5. The fourth-order valence-corrected chi connectivity index (χ4v) is 5.64. The lowest BCUT2D eigenvalue weighted by Gasteiger charge is -2.35. The number of alkyl halides is 1. The summed E-state index contributed by atoms with van der Waals surface area (Å²) in [7, 11) is 0. The van der Waals surface area contributed by atoms with E-state index in [1.165, 1.54) is 11.0 Å². The van der Waals surface area contributed by atoms with Crippen LogP contribution in [-0.2, 0) is 10.3 Å². The molecular weight excluding hydrogens is 545 g/mol. The number of halogens is 2. The van der Waals surface area contributed by atoms with Gasteiger partial charge in [0.25, 0.3) is 0 Å². The molecule has 2 fully saturated rings. The SMILES string of the molecule is N#Cc1cccc(C(N)(CCC2CC2)C2=CC(NC(=O)[C@H]3C[C@H](O)CN3C(=O)Nc3ccc(Cl)cc3)C(F)C=C2)c1. The van der Waals surface area contributed by atoms with Crippen LogP contribution in [0.4, 0.5) is 14.9 Å². The number of carbonyl (C=O) groups excluding carboxylic acids is 2. The van der Waals surface area contributed by atoms with Crippen molar-refractivity contribution in [2.45, 2.75) is 62.0 Å². The number of likely N-dealkylation sites (tertiary alicyclic amines) is 1. The first-order valence-electron chi connectivity index (χ1n) is 13.8. The molecule has 0 aromatic heterocycles. The number of urea groups is 1. The zero-order valence-corrected chi connectivity index (χ0v) is 23.2. The Kier molecular flexibility index (Phi) is 8.45. The smallest absolute Gasteiger partial charge is 0.322 e. The predicted molar refractivity (Wildman–Crippen MR) is 155 cm³/mol. The minimum atomic E-state index is -1.51. The molecule has 0 bridgehead atoms. The van der Waals surface area contributed by atoms with Gasteiger partial charge in [-0.2, -0.15) is 5.26 Å². The molecule has 5 N–H and O–H groups in total. The summed E-state index contributed by atoms with van der Waals surface area (Å²) in [5.41, 5.74) is 8.43. The topological polar surface area (TPSA) is 131 Å². The molecule has 0 spiro atoms. The summed E-state index contributed by atoms with van der Waals surface area (Å²) < 4.78 is 15.2. The molecule has 5 atom stereocenters. The van der Waals surface area contributed by atoms with Crippen molar-refractivity contribution in [3.05, 3.63) is 88.5 Å². The van der Waals surface area contributed by atoms with E-state index >= 15 is 4.39 Å². The minimum Gasteiger partial charge on any atom is -0.391 e. The Bertz CT molecular complexity index is 1400. The summed E-state index contributed by atoms with van der Waals surface area (Å²) >= 11 is 5.91. The maximum absolute atomic E-state index is 15.2. The number of benzene rings is 2. The molecule has 2 aromatic carbocycles. The van der Waals surface area contributed by atoms with Crippen LogP contribution in [-0.4, -0.2) is 52.8 Å². The standard InChI is InChI=1S/C31H33ClFN5O3/c32-23-7-9-24(10-8-23)36-30(41)38-18-25(39)16-28(38)29(40)37-27-15-22(6-11-26(27)33)31(35,13-12-19-4-5-19)21-3-1-2-20(14-21)17-34/h1-3,6-11,14-15,19,25-28,39H,4-5,12-13,16,18,35H2,(H,36,41)(H,37,40)/t25-,26?,27?,28+,31?/m0/s1. The van der Waals surface area contributed by atoms with Gasteiger partial charge in [0.15, 0.2) is 0 Å². The van der Waals surface area contributed by atoms with E-state index in [9.17, 15) is 20.0 Å². The van der Waals surface area contributed by atoms with Gasteiger partial charge in [-0.1, -0.05) is 48.7 Å². The van der Waals surface area contributed by atoms with Crippen molar-refractivity contribution in [3.8, 4) is 6.07 Å². The first-order chi connectivity index (χ1) is 19.7. The third-order valence-corrected chi connectivity index (χ3v) is 8.33. The maximum atomic E-state index is 15.2. The second-order valence-electron chi connectivity index (χ2n) is 11.1. The number of hydrogen-bond acceptors (Lipinski definition) is 5. The third-order valence-electron chi connectivity index (χ3n) is 8.07. The van der Waals surface area contributed by atoms with E-state index in [2.05, 4.69) is 16.7 Å². The van der Waals surface area contributed by atoms with Crippen molar-refractivity contribution >= 4 is 29.2 Å². The average molecular weight is 578 g/mol. The zero-order valence-electron chi connectivity index (χ0n) is 22.5. The Morgan fingerprint density at radius 2 is 1.98 bits per heavy atom. The predicted octanol–water partition coefficient (Wildman–Crippen LogP) is 4.54. The highest BCUT2D eigenvalue weighted by molar-refractivity contribution is 6.30. The van der Waals surface area contributed by atoms with Crippen LogP contribution in [0.25, 0.3) is 0 Å². The first kappa shape index (κ1) is 28.8. The Hall–Kier alpha value is -3.71. The quantitative estimate of drug-likeness (QED) is 0.366. The van der Waals surface area contributed by atoms with Gasteiger partial charge >= 0.3 is 6.03 Å². The average Bonchev–Trinajstić information content (AvgIpc) is 3.72. The van der Waals surface area contributed by atoms with E-state index in [0.717, 1.165) is 24.8 Å². The lowest BCUT2D eigenvalue weighted by Crippen LogP contribution is -2.52. The van der Waals surface area contributed by atoms with Gasteiger partial charge in [0.05, 0.1) is 29.3 Å². The number of rotatable bonds is 8. The maximum Gasteiger partial charge on any atom is 0.322 e. The summed E-state index contributed by atoms with van der Waals surface area (Å²) in [6, 6.07) is 13.2. The number of aliphatic hydroxyl groups is 1. The molecule has 1 saturated heterocycles. The molecule has 8 nitrogen and oxygen atoms in total. The van der Waals surface area contributed by atoms with Crippen molar-refractivity contribution in [2.24, 2.45) is 11.7 Å². The van der Waals surface area contributed by atoms with Crippen LogP contribution in [0.2, 0.25) is 5.02 Å². The number of nitriles is 1. The molecule has 1 heterocycles. The lowest BCUT2D eigenvalue weighted by atomic mass is 9.76. The van der Waals surface area contributed by atoms with Gasteiger partial charge < -0.3 is 26.4 Å². The molecule has 0 radical (unpaired) electrons. The molecule has 214 valence electrons. The number of carbonyl (C=O) groups is 2. The monoisotopic (exact) mass is 577 g/mol. The molecule has 5 rings (SSSR count). The number of nitrogens with two attached hydrogens (primary N) is 1. The lowest BCUT2D eigenvalue weighted by molar-refractivity contribution is -0.125. The number of aliphatic hydroxyl groups excluding tert-OH is 1. The fraction of sp³-hybridized carbons (Fsp3) is 0.387. The Morgan fingerprint density at radius 3 is 2.68 bits per heavy atom. The van der Waals surface area contributed by atoms with Gasteiger partial charge in [-0.3, -0.25) is 4.79 Å². The highest BCUT2D eigenvalue weighted by Gasteiger charge is 2.41. The molecule has 2 aliphatic carbocycles. The molecular formula is C31H33ClFN5O3. The normalized spacial score (nSPS) is 25.1. The summed E-state index contributed by atoms with van der Waals surface area (Å²) in [6.07, 6.45) is 6.10. The van der Waals surface area contributed by atoms with Gasteiger partial charge in [0.2, 0.25) is 5.91 Å². The van der Waals surface area contributed by atoms with Gasteiger partial charge in [-0.25, -0.2) is 9.18 Å². The van der Waals surface area contributed by atoms with Crippen molar-refractivity contribution in [2.75, 3.05) is 11.9 Å². The number of nitrogens with one attached hydrogen (secondary N) is 2. The van der Waals surface area contributed by atoms with Gasteiger partial charge in [-0.15, -0.1) is 0 Å². The second-order valence-corrected chi connectivity index (χ2v) is 11.5. The summed E-state index contributed by atoms with van der Waals surface area (Å²) in [6.45, 7) is -0.0372. The van der Waals surface area contributed by atoms with Crippen molar-refractivity contribution in [1.29, 1.82) is 5.26 Å². The van der Waals surface area contributed by atoms with Crippen LogP contribution < -0.4 is 16.4 Å². The number of anilines is 1. The third kappa shape index (κ3) is 6.62. The molecule has 3 aliphatic rings. The van der Waals surface area contributed by atoms with E-state index in [-0.39, 0.29) is 13.0 Å². The van der Waals surface area contributed by atoms with Gasteiger partial charge in [0, 0.05) is 23.7 Å². The van der Waals surface area contributed by atoms with Crippen molar-refractivity contribution in [1.82, 2.24) is 10.2 Å². The highest BCUT2D eigenvalue weighted by Crippen LogP contribution is 2.41. The fourth-order valence-electron chi connectivity index (χ4n) is 5.51. The Morgan fingerprint density at radius 1 is 1.22 bits per heavy atom. The van der Waals surface area contributed by atoms with Crippen molar-refractivity contribution in [3.63, 3.8) is 0 Å². The van der Waals surface area contributed by atoms with Gasteiger partial charge in [-0.05, 0) is 72.4 Å². The number of amides is 3. The van der Waals surface area contributed by atoms with Crippen LogP contribution in [0.3, 0.4) is 0 Å². The van der Waals surface area contributed by atoms with Crippen molar-refractivity contribution < 1.29 is 19.1 Å². The van der Waals surface area contributed by atoms with Crippen LogP contribution >= 0.6 is 11.6 Å². The van der Waals surface area contributed by atoms with Crippen LogP contribution in [0.5, 0.6) is 0 Å². The Balaban J connectivity index is 1.35. The number of hydrogen-bond donors (Lipinski definition) is 4. The molecule has 10 heteroatoms. The molecule has 41 heavy (non-hydrogen) atoms. The number of nitrogens with zero attached hydrogens (tertiary/aromatic N) is 2. The number of β-amino-alcohol motifs (C(OH)–C–C–N with tert-alkyl or cyclic N) is 1. The van der Waals surface area contributed by atoms with Gasteiger partial charge in [0.1, 0.15) is 12.2 Å². The molecule has 2 aromatic rings. The molecule has 3 amide bonds. The van der Waals surface area contributed by atoms with E-state index in [1.807, 2.05) is 6.07 Å². The molecule has 1 aliphatic heterocycles. The summed E-state index contributed by atoms with van der Waals surface area (Å²) in [4.78, 5) is 27.6. The van der Waals surface area contributed by atoms with E-state index < -0.39 is 41.8 Å². The van der Waals surface area contributed by atoms with E-state index in [1.54, 1.807) is 54.6 Å². The summed E-state index contributed by atoms with van der Waals surface area (Å²) in [5, 5.41) is 25.7. The summed E-state index contributed by atoms with van der Waals surface area (Å²) in [5.74, 6) is 0.0342. The first-order valence-corrected chi connectivity index (χ1v) is 14.2. The largest absolute Gasteiger partial charge is 0.391 e. The van der Waals surface area contributed by atoms with Crippen LogP contribution in [0.15, 0.2) is 72.3 Å². The van der Waals surface area contributed by atoms with E-state index in [4.69, 9.17) is 17.3 Å². The second kappa shape index (κ2) is 12.0. The molecule has 3 unspecified atom stereocenters. The molecule has 1 saturated carbocycles. The zero-order chi connectivity index (χ0) is 29.1. The Labute approximate surface area is 243 Å². The van der Waals surface area contributed by atoms with Crippen LogP contribution in [0, 0.1) is 17.2 Å².